The van der Waals surface area contributed by atoms with Gasteiger partial charge in [0.2, 0.25) is 0 Å². The molecule has 0 aliphatic carbocycles. The van der Waals surface area contributed by atoms with Crippen LogP contribution < -0.4 is 21.3 Å². The molecule has 0 radical (unpaired) electrons. The molecule has 8 nitrogen and oxygen atoms in total. The van der Waals surface area contributed by atoms with Crippen molar-refractivity contribution in [2.75, 3.05) is 20.1 Å². The predicted molar refractivity (Wildman–Crippen MR) is 125 cm³/mol. The quantitative estimate of drug-likeness (QED) is 0.335. The molecule has 174 valence electrons. The van der Waals surface area contributed by atoms with Gasteiger partial charge in [0.05, 0.1) is 6.54 Å². The molecule has 1 atom stereocenters. The first-order valence-electron chi connectivity index (χ1n) is 11.0. The molecule has 8 heteroatoms. The van der Waals surface area contributed by atoms with E-state index in [4.69, 9.17) is 4.74 Å². The lowest BCUT2D eigenvalue weighted by molar-refractivity contribution is 0.0522. The Hall–Kier alpha value is -2.77. The maximum Gasteiger partial charge on any atom is 0.407 e. The summed E-state index contributed by atoms with van der Waals surface area (Å²) in [5.74, 6) is 0.545. The molecule has 1 aromatic rings. The van der Waals surface area contributed by atoms with Gasteiger partial charge in [-0.25, -0.2) is 9.79 Å². The first-order valence-corrected chi connectivity index (χ1v) is 11.0. The number of ether oxygens (including phenoxy) is 1. The topological polar surface area (TPSA) is 104 Å². The number of benzene rings is 1. The molecule has 0 heterocycles. The third kappa shape index (κ3) is 11.3. The van der Waals surface area contributed by atoms with Gasteiger partial charge < -0.3 is 26.0 Å². The number of rotatable bonds is 10. The van der Waals surface area contributed by atoms with Gasteiger partial charge in [0, 0.05) is 31.7 Å². The van der Waals surface area contributed by atoms with Gasteiger partial charge in [-0.2, -0.15) is 0 Å². The molecule has 0 aliphatic rings. The molecule has 1 unspecified atom stereocenters. The van der Waals surface area contributed by atoms with Crippen molar-refractivity contribution < 1.29 is 14.3 Å². The summed E-state index contributed by atoms with van der Waals surface area (Å²) in [7, 11) is 1.61. The summed E-state index contributed by atoms with van der Waals surface area (Å²) < 4.78 is 5.33. The number of guanidine groups is 1. The van der Waals surface area contributed by atoms with Gasteiger partial charge in [0.15, 0.2) is 5.96 Å². The summed E-state index contributed by atoms with van der Waals surface area (Å²) in [6.45, 7) is 11.2. The van der Waals surface area contributed by atoms with E-state index in [1.165, 1.54) is 0 Å². The van der Waals surface area contributed by atoms with E-state index in [-0.39, 0.29) is 11.9 Å². The number of alkyl carbamates (subject to hydrolysis) is 1. The van der Waals surface area contributed by atoms with E-state index in [1.807, 2.05) is 45.9 Å². The minimum Gasteiger partial charge on any atom is -0.444 e. The van der Waals surface area contributed by atoms with E-state index in [9.17, 15) is 9.59 Å². The minimum atomic E-state index is -0.532. The Kier molecular flexibility index (Phi) is 11.5. The maximum atomic E-state index is 12.0. The highest BCUT2D eigenvalue weighted by Gasteiger charge is 2.18. The first-order chi connectivity index (χ1) is 14.7. The molecule has 0 fully saturated rings. The van der Waals surface area contributed by atoms with Crippen molar-refractivity contribution in [3.8, 4) is 0 Å². The van der Waals surface area contributed by atoms with E-state index >= 15 is 0 Å². The van der Waals surface area contributed by atoms with Gasteiger partial charge in [-0.1, -0.05) is 31.9 Å². The standard InChI is InChI=1S/C23H39N5O3/c1-7-9-13-19(16-27-22(30)31-23(3,4)5)28-21(25-8-2)26-15-17-11-10-12-18(14-17)20(29)24-6/h10-12,14,19H,7-9,13,15-16H2,1-6H3,(H,24,29)(H,27,30)(H2,25,26,28). The van der Waals surface area contributed by atoms with Gasteiger partial charge in [0.1, 0.15) is 5.60 Å². The molecule has 1 aromatic carbocycles. The minimum absolute atomic E-state index is 0.0162. The van der Waals surface area contributed by atoms with Crippen molar-refractivity contribution in [3.63, 3.8) is 0 Å². The van der Waals surface area contributed by atoms with Crippen LogP contribution in [0, 0.1) is 0 Å². The number of carbonyl (C=O) groups is 2. The second-order valence-electron chi connectivity index (χ2n) is 8.34. The molecule has 0 spiro atoms. The number of unbranched alkanes of at least 4 members (excludes halogenated alkanes) is 1. The fourth-order valence-electron chi connectivity index (χ4n) is 2.84. The van der Waals surface area contributed by atoms with Gasteiger partial charge in [-0.15, -0.1) is 0 Å². The summed E-state index contributed by atoms with van der Waals surface area (Å²) in [5, 5.41) is 12.1. The van der Waals surface area contributed by atoms with Crippen LogP contribution in [0.25, 0.3) is 0 Å². The summed E-state index contributed by atoms with van der Waals surface area (Å²) in [4.78, 5) is 28.5. The van der Waals surface area contributed by atoms with Crippen molar-refractivity contribution in [1.29, 1.82) is 0 Å². The second-order valence-corrected chi connectivity index (χ2v) is 8.34. The van der Waals surface area contributed by atoms with E-state index in [0.717, 1.165) is 24.8 Å². The van der Waals surface area contributed by atoms with Crippen LogP contribution in [0.2, 0.25) is 0 Å². The van der Waals surface area contributed by atoms with Crippen molar-refractivity contribution >= 4 is 18.0 Å². The number of carbonyl (C=O) groups excluding carboxylic acids is 2. The average molecular weight is 434 g/mol. The molecule has 0 saturated heterocycles. The Labute approximate surface area is 186 Å². The van der Waals surface area contributed by atoms with Crippen LogP contribution in [0.3, 0.4) is 0 Å². The Morgan fingerprint density at radius 3 is 2.52 bits per heavy atom. The van der Waals surface area contributed by atoms with E-state index in [2.05, 4.69) is 33.2 Å². The van der Waals surface area contributed by atoms with E-state index in [0.29, 0.717) is 31.2 Å². The van der Waals surface area contributed by atoms with Crippen molar-refractivity contribution in [2.24, 2.45) is 4.99 Å². The van der Waals surface area contributed by atoms with Crippen LogP contribution >= 0.6 is 0 Å². The van der Waals surface area contributed by atoms with E-state index in [1.54, 1.807) is 13.1 Å². The maximum absolute atomic E-state index is 12.0. The zero-order valence-electron chi connectivity index (χ0n) is 19.8. The Morgan fingerprint density at radius 2 is 1.90 bits per heavy atom. The Bertz CT molecular complexity index is 728. The normalized spacial score (nSPS) is 12.6. The molecule has 0 aromatic heterocycles. The van der Waals surface area contributed by atoms with Crippen LogP contribution in [0.4, 0.5) is 4.79 Å². The molecule has 2 amide bonds. The molecule has 0 aliphatic heterocycles. The van der Waals surface area contributed by atoms with Crippen molar-refractivity contribution in [1.82, 2.24) is 21.3 Å². The highest BCUT2D eigenvalue weighted by Crippen LogP contribution is 2.08. The first kappa shape index (κ1) is 26.3. The van der Waals surface area contributed by atoms with E-state index < -0.39 is 11.7 Å². The molecule has 31 heavy (non-hydrogen) atoms. The summed E-state index contributed by atoms with van der Waals surface area (Å²) in [6.07, 6.45) is 2.55. The van der Waals surface area contributed by atoms with Gasteiger partial charge in [-0.05, 0) is 51.8 Å². The van der Waals surface area contributed by atoms with Crippen LogP contribution in [-0.2, 0) is 11.3 Å². The lowest BCUT2D eigenvalue weighted by atomic mass is 10.1. The zero-order valence-corrected chi connectivity index (χ0v) is 19.8. The lowest BCUT2D eigenvalue weighted by Gasteiger charge is -2.24. The molecular formula is C23H39N5O3. The molecule has 0 bridgehead atoms. The summed E-state index contributed by atoms with van der Waals surface area (Å²) >= 11 is 0. The number of aliphatic imine (C=N–C) groups is 1. The number of amides is 2. The van der Waals surface area contributed by atoms with Crippen LogP contribution in [0.1, 0.15) is 69.8 Å². The van der Waals surface area contributed by atoms with Crippen LogP contribution in [0.5, 0.6) is 0 Å². The fourth-order valence-corrected chi connectivity index (χ4v) is 2.84. The monoisotopic (exact) mass is 433 g/mol. The predicted octanol–water partition coefficient (Wildman–Crippen LogP) is 3.18. The lowest BCUT2D eigenvalue weighted by Crippen LogP contribution is -2.49. The highest BCUT2D eigenvalue weighted by molar-refractivity contribution is 5.94. The SMILES string of the molecule is CCCCC(CNC(=O)OC(C)(C)C)NC(=NCc1cccc(C(=O)NC)c1)NCC. The summed E-state index contributed by atoms with van der Waals surface area (Å²) in [6, 6.07) is 7.42. The number of hydrogen-bond acceptors (Lipinski definition) is 4. The van der Waals surface area contributed by atoms with Crippen molar-refractivity contribution in [2.45, 2.75) is 72.1 Å². The highest BCUT2D eigenvalue weighted by atomic mass is 16.6. The summed E-state index contributed by atoms with van der Waals surface area (Å²) in [5.41, 5.74) is 1.02. The Balaban J connectivity index is 2.82. The molecule has 1 rings (SSSR count). The van der Waals surface area contributed by atoms with Gasteiger partial charge in [0.25, 0.3) is 5.91 Å². The second kappa shape index (κ2) is 13.5. The van der Waals surface area contributed by atoms with Crippen LogP contribution in [0.15, 0.2) is 29.3 Å². The zero-order chi connectivity index (χ0) is 23.3. The molecule has 0 saturated carbocycles. The fraction of sp³-hybridized carbons (Fsp3) is 0.609. The number of nitrogens with zero attached hydrogens (tertiary/aromatic N) is 1. The molecular weight excluding hydrogens is 394 g/mol. The largest absolute Gasteiger partial charge is 0.444 e. The van der Waals surface area contributed by atoms with Crippen molar-refractivity contribution in [3.05, 3.63) is 35.4 Å². The Morgan fingerprint density at radius 1 is 1.16 bits per heavy atom. The van der Waals surface area contributed by atoms with Gasteiger partial charge in [-0.3, -0.25) is 4.79 Å². The smallest absolute Gasteiger partial charge is 0.407 e. The van der Waals surface area contributed by atoms with Gasteiger partial charge >= 0.3 is 6.09 Å². The van der Waals surface area contributed by atoms with Crippen LogP contribution in [-0.4, -0.2) is 49.7 Å². The third-order valence-corrected chi connectivity index (χ3v) is 4.32. The third-order valence-electron chi connectivity index (χ3n) is 4.32. The molecule has 4 N–H and O–H groups in total. The number of nitrogens with one attached hydrogen (secondary N) is 4. The average Bonchev–Trinajstić information content (AvgIpc) is 2.72. The number of hydrogen-bond donors (Lipinski definition) is 4.